The molecule has 0 saturated carbocycles. The van der Waals surface area contributed by atoms with E-state index in [0.29, 0.717) is 5.69 Å². The molecule has 0 bridgehead atoms. The van der Waals surface area contributed by atoms with Crippen LogP contribution in [0.25, 0.3) is 0 Å². The van der Waals surface area contributed by atoms with Gasteiger partial charge in [0, 0.05) is 12.1 Å². The van der Waals surface area contributed by atoms with Crippen LogP contribution in [-0.4, -0.2) is 94.6 Å². The minimum Gasteiger partial charge on any atom is -0.480 e. The first kappa shape index (κ1) is 47.3. The highest BCUT2D eigenvalue weighted by molar-refractivity contribution is 6.07. The van der Waals surface area contributed by atoms with Crippen LogP contribution in [0.1, 0.15) is 94.2 Å². The molecule has 1 aliphatic rings. The molecule has 2 unspecified atom stereocenters. The van der Waals surface area contributed by atoms with Crippen LogP contribution in [0.3, 0.4) is 0 Å². The number of benzene rings is 2. The van der Waals surface area contributed by atoms with E-state index in [2.05, 4.69) is 37.6 Å². The van der Waals surface area contributed by atoms with E-state index in [1.54, 1.807) is 95.2 Å². The largest absolute Gasteiger partial charge is 0.480 e. The quantitative estimate of drug-likeness (QED) is 0.148. The van der Waals surface area contributed by atoms with E-state index in [4.69, 9.17) is 24.1 Å². The van der Waals surface area contributed by atoms with Crippen molar-refractivity contribution in [1.29, 1.82) is 0 Å². The van der Waals surface area contributed by atoms with E-state index in [1.807, 2.05) is 30.3 Å². The number of nitrogens with zero attached hydrogens (tertiary/aromatic N) is 1. The number of anilines is 1. The Kier molecular flexibility index (Phi) is 16.4. The second kappa shape index (κ2) is 19.8. The molecule has 0 aromatic heterocycles. The lowest BCUT2D eigenvalue weighted by Crippen LogP contribution is -2.52. The summed E-state index contributed by atoms with van der Waals surface area (Å²) < 4.78 is 20.4. The molecule has 0 radical (unpaired) electrons. The average molecular weight is 799 g/mol. The fourth-order valence-electron chi connectivity index (χ4n) is 4.58. The number of carbonyl (C=O) groups excluding carboxylic acids is 5. The van der Waals surface area contributed by atoms with Gasteiger partial charge in [-0.2, -0.15) is 0 Å². The standard InChI is InChI=1S/C27H34N4O5.C13H24N2O6/c1-26(2,3)35-24(33)28-16-22(31-25(34)36-27(4,5)6)23(32)29-19-13-11-17(12-14-19)21-15-18-9-7-8-10-20(18)30-21;1-12(2,3)20-10(18)14-7-8(9(16)17)15-11(19)21-13(4,5)6/h7-14,22H,15-16H2,1-6H3,(H,28,33)(H,29,32)(H,31,34);8H,7H2,1-6H3,(H,14,18)(H,15,19)(H,16,17). The molecular weight excluding hydrogens is 740 g/mol. The summed E-state index contributed by atoms with van der Waals surface area (Å²) in [6, 6.07) is 12.9. The van der Waals surface area contributed by atoms with Crippen molar-refractivity contribution < 1.29 is 52.8 Å². The monoisotopic (exact) mass is 798 g/mol. The molecule has 2 atom stereocenters. The summed E-state index contributed by atoms with van der Waals surface area (Å²) in [4.78, 5) is 76.1. The fraction of sp³-hybridized carbons (Fsp3) is 0.525. The zero-order valence-corrected chi connectivity index (χ0v) is 34.9. The highest BCUT2D eigenvalue weighted by atomic mass is 16.6. The summed E-state index contributed by atoms with van der Waals surface area (Å²) in [6.07, 6.45) is -2.36. The first-order valence-electron chi connectivity index (χ1n) is 18.3. The van der Waals surface area contributed by atoms with Crippen LogP contribution in [0.4, 0.5) is 30.6 Å². The number of aliphatic imine (C=N–C) groups is 1. The number of ether oxygens (including phenoxy) is 4. The maximum atomic E-state index is 13.0. The van der Waals surface area contributed by atoms with Gasteiger partial charge >= 0.3 is 30.3 Å². The zero-order valence-electron chi connectivity index (χ0n) is 34.9. The van der Waals surface area contributed by atoms with E-state index in [-0.39, 0.29) is 13.1 Å². The van der Waals surface area contributed by atoms with Crippen LogP contribution in [0, 0.1) is 0 Å². The lowest BCUT2D eigenvalue weighted by atomic mass is 10.0. The molecule has 0 spiro atoms. The molecule has 3 rings (SSSR count). The van der Waals surface area contributed by atoms with E-state index in [1.165, 1.54) is 5.56 Å². The van der Waals surface area contributed by atoms with Gasteiger partial charge < -0.3 is 50.6 Å². The van der Waals surface area contributed by atoms with E-state index in [0.717, 1.165) is 23.4 Å². The molecule has 5 amide bonds. The van der Waals surface area contributed by atoms with E-state index < -0.39 is 70.7 Å². The van der Waals surface area contributed by atoms with Gasteiger partial charge in [-0.05, 0) is 112 Å². The van der Waals surface area contributed by atoms with Crippen molar-refractivity contribution in [1.82, 2.24) is 21.3 Å². The summed E-state index contributed by atoms with van der Waals surface area (Å²) >= 11 is 0. The van der Waals surface area contributed by atoms with Crippen molar-refractivity contribution in [3.8, 4) is 0 Å². The molecule has 2 aromatic carbocycles. The predicted octanol–water partition coefficient (Wildman–Crippen LogP) is 6.21. The Bertz CT molecular complexity index is 1770. The van der Waals surface area contributed by atoms with Crippen LogP contribution in [0.15, 0.2) is 53.5 Å². The smallest absolute Gasteiger partial charge is 0.408 e. The topological polar surface area (TPSA) is 232 Å². The third-order valence-electron chi connectivity index (χ3n) is 6.79. The van der Waals surface area contributed by atoms with Gasteiger partial charge in [-0.25, -0.2) is 24.0 Å². The van der Waals surface area contributed by atoms with Crippen LogP contribution < -0.4 is 26.6 Å². The molecule has 6 N–H and O–H groups in total. The van der Waals surface area contributed by atoms with Gasteiger partial charge in [0.1, 0.15) is 34.5 Å². The summed E-state index contributed by atoms with van der Waals surface area (Å²) in [5, 5.41) is 21.3. The number of hydrogen-bond donors (Lipinski definition) is 6. The maximum Gasteiger partial charge on any atom is 0.408 e. The van der Waals surface area contributed by atoms with Crippen LogP contribution in [0.2, 0.25) is 0 Å². The first-order valence-corrected chi connectivity index (χ1v) is 18.3. The molecule has 57 heavy (non-hydrogen) atoms. The second-order valence-electron chi connectivity index (χ2n) is 16.9. The van der Waals surface area contributed by atoms with Crippen molar-refractivity contribution in [2.24, 2.45) is 4.99 Å². The molecule has 0 fully saturated rings. The predicted molar refractivity (Wildman–Crippen MR) is 214 cm³/mol. The molecule has 0 saturated heterocycles. The molecule has 314 valence electrons. The van der Waals surface area contributed by atoms with Crippen molar-refractivity contribution >= 4 is 53.3 Å². The Morgan fingerprint density at radius 2 is 1.04 bits per heavy atom. The highest BCUT2D eigenvalue weighted by Gasteiger charge is 2.28. The van der Waals surface area contributed by atoms with Crippen molar-refractivity contribution in [3.05, 3.63) is 59.7 Å². The molecule has 1 aliphatic heterocycles. The van der Waals surface area contributed by atoms with E-state index >= 15 is 0 Å². The van der Waals surface area contributed by atoms with Crippen molar-refractivity contribution in [2.45, 2.75) is 124 Å². The fourth-order valence-corrected chi connectivity index (χ4v) is 4.58. The van der Waals surface area contributed by atoms with E-state index in [9.17, 15) is 28.8 Å². The van der Waals surface area contributed by atoms with Gasteiger partial charge in [0.15, 0.2) is 0 Å². The van der Waals surface area contributed by atoms with Gasteiger partial charge in [0.2, 0.25) is 5.91 Å². The van der Waals surface area contributed by atoms with Gasteiger partial charge in [-0.3, -0.25) is 9.79 Å². The Morgan fingerprint density at radius 1 is 0.614 bits per heavy atom. The van der Waals surface area contributed by atoms with Crippen molar-refractivity contribution in [3.63, 3.8) is 0 Å². The number of alkyl carbamates (subject to hydrolysis) is 4. The molecule has 0 aliphatic carbocycles. The van der Waals surface area contributed by atoms with Gasteiger partial charge in [0.05, 0.1) is 24.5 Å². The minimum absolute atomic E-state index is 0.187. The van der Waals surface area contributed by atoms with Gasteiger partial charge in [-0.15, -0.1) is 0 Å². The van der Waals surface area contributed by atoms with Crippen LogP contribution >= 0.6 is 0 Å². The normalized spacial score (nSPS) is 13.4. The second-order valence-corrected chi connectivity index (χ2v) is 16.9. The molecule has 17 heteroatoms. The van der Waals surface area contributed by atoms with Crippen LogP contribution in [-0.2, 0) is 35.0 Å². The number of fused-ring (bicyclic) bond motifs is 1. The highest BCUT2D eigenvalue weighted by Crippen LogP contribution is 2.28. The molecule has 17 nitrogen and oxygen atoms in total. The maximum absolute atomic E-state index is 13.0. The molecule has 2 aromatic rings. The van der Waals surface area contributed by atoms with Gasteiger partial charge in [-0.1, -0.05) is 30.3 Å². The lowest BCUT2D eigenvalue weighted by Gasteiger charge is -2.24. The van der Waals surface area contributed by atoms with Crippen LogP contribution in [0.5, 0.6) is 0 Å². The summed E-state index contributed by atoms with van der Waals surface area (Å²) in [6.45, 7) is 19.8. The third-order valence-corrected chi connectivity index (χ3v) is 6.79. The number of nitrogens with one attached hydrogen (secondary N) is 5. The number of carboxylic acids is 1. The minimum atomic E-state index is -1.31. The average Bonchev–Trinajstić information content (AvgIpc) is 3.46. The lowest BCUT2D eigenvalue weighted by molar-refractivity contribution is -0.139. The number of amides is 5. The Balaban J connectivity index is 0.000000457. The molecule has 1 heterocycles. The van der Waals surface area contributed by atoms with Gasteiger partial charge in [0.25, 0.3) is 0 Å². The number of hydrogen-bond acceptors (Lipinski definition) is 11. The summed E-state index contributed by atoms with van der Waals surface area (Å²) in [5.41, 5.74) is 1.71. The summed E-state index contributed by atoms with van der Waals surface area (Å²) in [5.74, 6) is -1.81. The number of rotatable bonds is 10. The SMILES string of the molecule is CC(C)(C)OC(=O)NCC(NC(=O)OC(C)(C)C)C(=O)Nc1ccc(C2=Nc3ccccc3C2)cc1.CC(C)(C)OC(=O)NCC(NC(=O)OC(C)(C)C)C(=O)O. The number of carboxylic acid groups (broad SMARTS) is 1. The number of carbonyl (C=O) groups is 6. The third kappa shape index (κ3) is 19.5. The molecular formula is C40H58N6O11. The number of para-hydroxylation sites is 1. The number of aliphatic carboxylic acids is 1. The Labute approximate surface area is 334 Å². The Morgan fingerprint density at radius 3 is 1.47 bits per heavy atom. The Hall–Kier alpha value is -5.87. The zero-order chi connectivity index (χ0) is 43.4. The first-order chi connectivity index (χ1) is 26.1. The van der Waals surface area contributed by atoms with Crippen molar-refractivity contribution in [2.75, 3.05) is 18.4 Å². The summed E-state index contributed by atoms with van der Waals surface area (Å²) in [7, 11) is 0.